The van der Waals surface area contributed by atoms with E-state index in [4.69, 9.17) is 16.7 Å². The lowest BCUT2D eigenvalue weighted by atomic mass is 10.1. The first kappa shape index (κ1) is 29.8. The quantitative estimate of drug-likeness (QED) is 0.0338. The van der Waals surface area contributed by atoms with Crippen molar-refractivity contribution in [1.29, 1.82) is 0 Å². The van der Waals surface area contributed by atoms with Gasteiger partial charge in [0.05, 0.1) is 28.8 Å². The Morgan fingerprint density at radius 1 is 0.780 bits per heavy atom. The zero-order chi connectivity index (χ0) is 29.9. The summed E-state index contributed by atoms with van der Waals surface area (Å²) < 4.78 is 71.4. The SMILES string of the molecule is Nc1cccc(N=Nc2c(S(=O)(=O)O)cc3ccc(N=Nc4cc(SOOO)ccc4S(=O)(=O)O)c(N)c3c2O)c1. The molecule has 0 radical (unpaired) electrons. The van der Waals surface area contributed by atoms with E-state index in [2.05, 4.69) is 29.8 Å². The van der Waals surface area contributed by atoms with Crippen molar-refractivity contribution in [2.24, 2.45) is 20.5 Å². The van der Waals surface area contributed by atoms with Crippen LogP contribution in [-0.4, -0.2) is 36.3 Å². The van der Waals surface area contributed by atoms with Gasteiger partial charge < -0.3 is 16.6 Å². The van der Waals surface area contributed by atoms with E-state index in [1.165, 1.54) is 30.3 Å². The molecule has 214 valence electrons. The second kappa shape index (κ2) is 11.7. The van der Waals surface area contributed by atoms with E-state index in [9.17, 15) is 31.0 Å². The van der Waals surface area contributed by atoms with Crippen LogP contribution in [0.4, 0.5) is 34.1 Å². The van der Waals surface area contributed by atoms with Crippen molar-refractivity contribution in [1.82, 2.24) is 0 Å². The van der Waals surface area contributed by atoms with Gasteiger partial charge in [-0.3, -0.25) is 9.11 Å². The van der Waals surface area contributed by atoms with Crippen molar-refractivity contribution in [2.45, 2.75) is 14.7 Å². The number of fused-ring (bicyclic) bond motifs is 1. The molecular weight excluding hydrogens is 604 g/mol. The molecule has 0 saturated heterocycles. The maximum Gasteiger partial charge on any atom is 0.296 e. The van der Waals surface area contributed by atoms with Crippen LogP contribution in [0, 0.1) is 0 Å². The Balaban J connectivity index is 1.86. The van der Waals surface area contributed by atoms with E-state index in [1.807, 2.05) is 0 Å². The number of hydrogen-bond acceptors (Lipinski definition) is 15. The number of phenolic OH excluding ortho intramolecular Hbond substituents is 1. The topological polar surface area (TPSA) is 269 Å². The van der Waals surface area contributed by atoms with Crippen LogP contribution in [0.1, 0.15) is 0 Å². The summed E-state index contributed by atoms with van der Waals surface area (Å²) in [5.74, 6) is -0.768. The van der Waals surface area contributed by atoms with Crippen LogP contribution in [-0.2, 0) is 29.6 Å². The van der Waals surface area contributed by atoms with Crippen molar-refractivity contribution >= 4 is 77.2 Å². The molecule has 16 nitrogen and oxygen atoms in total. The first-order valence-electron chi connectivity index (χ1n) is 10.8. The summed E-state index contributed by atoms with van der Waals surface area (Å²) in [6, 6.07) is 13.0. The normalized spacial score (nSPS) is 12.6. The highest BCUT2D eigenvalue weighted by atomic mass is 32.2. The summed E-state index contributed by atoms with van der Waals surface area (Å²) in [4.78, 5) is -1.19. The third kappa shape index (κ3) is 6.75. The van der Waals surface area contributed by atoms with Crippen LogP contribution in [0.3, 0.4) is 0 Å². The number of nitrogen functional groups attached to an aromatic ring is 2. The predicted molar refractivity (Wildman–Crippen MR) is 146 cm³/mol. The first-order valence-corrected chi connectivity index (χ1v) is 14.4. The molecule has 41 heavy (non-hydrogen) atoms. The van der Waals surface area contributed by atoms with E-state index in [1.54, 1.807) is 12.1 Å². The molecule has 0 amide bonds. The second-order valence-corrected chi connectivity index (χ2v) is 11.5. The fraction of sp³-hybridized carbons (Fsp3) is 0. The van der Waals surface area contributed by atoms with Crippen molar-refractivity contribution in [3.05, 3.63) is 60.7 Å². The first-order chi connectivity index (χ1) is 19.3. The lowest BCUT2D eigenvalue weighted by Crippen LogP contribution is -2.00. The molecule has 4 aromatic rings. The Hall–Kier alpha value is -4.21. The summed E-state index contributed by atoms with van der Waals surface area (Å²) in [6.45, 7) is 0. The molecule has 0 heterocycles. The van der Waals surface area contributed by atoms with Crippen LogP contribution in [0.5, 0.6) is 5.75 Å². The van der Waals surface area contributed by atoms with Gasteiger partial charge in [0.2, 0.25) is 0 Å². The standard InChI is InChI=1S/C22H18N6O10S3/c23-12-2-1-3-13(9-12)25-28-21-18(41(34,35)36)8-11-4-6-15(20(24)19(11)22(21)29)26-27-16-10-14(39-38-37-30)5-7-17(16)40(31,32)33/h1-10,29-30H,23-24H2,(H,31,32,33)(H,34,35,36). The fourth-order valence-corrected chi connectivity index (χ4v) is 5.19. The lowest BCUT2D eigenvalue weighted by Gasteiger charge is -2.12. The Bertz CT molecular complexity index is 1930. The Morgan fingerprint density at radius 2 is 1.49 bits per heavy atom. The van der Waals surface area contributed by atoms with Crippen LogP contribution >= 0.6 is 12.0 Å². The molecule has 0 aliphatic carbocycles. The molecule has 19 heteroatoms. The number of azo groups is 2. The van der Waals surface area contributed by atoms with Gasteiger partial charge in [0.1, 0.15) is 26.9 Å². The Labute approximate surface area is 235 Å². The number of nitrogens with zero attached hydrogens (tertiary/aromatic N) is 4. The minimum absolute atomic E-state index is 0.0626. The minimum atomic E-state index is -4.90. The number of nitrogens with two attached hydrogens (primary N) is 2. The highest BCUT2D eigenvalue weighted by Gasteiger charge is 2.24. The van der Waals surface area contributed by atoms with E-state index < -0.39 is 41.5 Å². The molecule has 0 aliphatic rings. The average Bonchev–Trinajstić information content (AvgIpc) is 2.89. The minimum Gasteiger partial charge on any atom is -0.505 e. The molecule has 0 unspecified atom stereocenters. The van der Waals surface area contributed by atoms with Gasteiger partial charge in [0.15, 0.2) is 5.75 Å². The van der Waals surface area contributed by atoms with Gasteiger partial charge in [-0.1, -0.05) is 17.2 Å². The number of phenols is 1. The molecule has 4 rings (SSSR count). The number of hydrogen-bond donors (Lipinski definition) is 6. The van der Waals surface area contributed by atoms with Gasteiger partial charge in [-0.05, 0) is 53.9 Å². The van der Waals surface area contributed by atoms with Gasteiger partial charge in [-0.15, -0.1) is 19.7 Å². The molecule has 0 bridgehead atoms. The largest absolute Gasteiger partial charge is 0.505 e. The van der Waals surface area contributed by atoms with Crippen LogP contribution < -0.4 is 11.5 Å². The van der Waals surface area contributed by atoms with Crippen molar-refractivity contribution in [3.8, 4) is 5.75 Å². The molecule has 0 aromatic heterocycles. The number of benzene rings is 4. The molecule has 0 fully saturated rings. The second-order valence-electron chi connectivity index (χ2n) is 7.97. The molecule has 0 saturated carbocycles. The van der Waals surface area contributed by atoms with Gasteiger partial charge in [-0.2, -0.15) is 21.9 Å². The van der Waals surface area contributed by atoms with E-state index >= 15 is 0 Å². The van der Waals surface area contributed by atoms with E-state index in [0.717, 1.165) is 18.2 Å². The number of aromatic hydroxyl groups is 1. The molecule has 0 aliphatic heterocycles. The smallest absolute Gasteiger partial charge is 0.296 e. The summed E-state index contributed by atoms with van der Waals surface area (Å²) in [7, 11) is -9.65. The maximum absolute atomic E-state index is 12.1. The fourth-order valence-electron chi connectivity index (χ4n) is 3.54. The van der Waals surface area contributed by atoms with Crippen molar-refractivity contribution in [2.75, 3.05) is 11.5 Å². The van der Waals surface area contributed by atoms with Crippen LogP contribution in [0.15, 0.2) is 95.8 Å². The molecule has 8 N–H and O–H groups in total. The van der Waals surface area contributed by atoms with Crippen molar-refractivity contribution < 1.29 is 45.7 Å². The molecule has 0 atom stereocenters. The monoisotopic (exact) mass is 622 g/mol. The van der Waals surface area contributed by atoms with Gasteiger partial charge in [-0.25, -0.2) is 5.26 Å². The summed E-state index contributed by atoms with van der Waals surface area (Å²) in [5.41, 5.74) is 11.1. The summed E-state index contributed by atoms with van der Waals surface area (Å²) in [6.07, 6.45) is 0. The Morgan fingerprint density at radius 3 is 2.15 bits per heavy atom. The van der Waals surface area contributed by atoms with E-state index in [0.29, 0.717) is 17.7 Å². The van der Waals surface area contributed by atoms with Gasteiger partial charge in [0.25, 0.3) is 20.2 Å². The summed E-state index contributed by atoms with van der Waals surface area (Å²) >= 11 is 0.487. The molecule has 0 spiro atoms. The highest BCUT2D eigenvalue weighted by molar-refractivity contribution is 7.94. The van der Waals surface area contributed by atoms with E-state index in [-0.39, 0.29) is 38.4 Å². The molecular formula is C22H18N6O10S3. The zero-order valence-electron chi connectivity index (χ0n) is 20.2. The zero-order valence-corrected chi connectivity index (χ0v) is 22.6. The third-order valence-corrected chi connectivity index (χ3v) is 7.63. The number of rotatable bonds is 9. The lowest BCUT2D eigenvalue weighted by molar-refractivity contribution is -0.432. The van der Waals surface area contributed by atoms with Crippen LogP contribution in [0.25, 0.3) is 10.8 Å². The van der Waals surface area contributed by atoms with Gasteiger partial charge in [0, 0.05) is 10.6 Å². The van der Waals surface area contributed by atoms with Gasteiger partial charge >= 0.3 is 0 Å². The highest BCUT2D eigenvalue weighted by Crippen LogP contribution is 2.46. The third-order valence-electron chi connectivity index (χ3n) is 5.28. The number of anilines is 2. The predicted octanol–water partition coefficient (Wildman–Crippen LogP) is 5.46. The van der Waals surface area contributed by atoms with Crippen molar-refractivity contribution in [3.63, 3.8) is 0 Å². The Kier molecular flexibility index (Phi) is 8.51. The average molecular weight is 623 g/mol. The van der Waals surface area contributed by atoms with Crippen LogP contribution in [0.2, 0.25) is 0 Å². The molecule has 4 aromatic carbocycles. The summed E-state index contributed by atoms with van der Waals surface area (Å²) in [5, 5.41) is 38.2. The maximum atomic E-state index is 12.1.